The maximum atomic E-state index is 8.68. The van der Waals surface area contributed by atoms with Crippen LogP contribution in [0.5, 0.6) is 5.75 Å². The number of nitrogens with zero attached hydrogens (tertiary/aromatic N) is 2. The van der Waals surface area contributed by atoms with Crippen LogP contribution in [0.15, 0.2) is 18.2 Å². The molecule has 1 unspecified atom stereocenters. The van der Waals surface area contributed by atoms with Gasteiger partial charge in [0.15, 0.2) is 5.75 Å². The summed E-state index contributed by atoms with van der Waals surface area (Å²) in [5, 5.41) is 9.30. The largest absolute Gasteiger partial charge is 0.488 e. The summed E-state index contributed by atoms with van der Waals surface area (Å²) in [6.45, 7) is 0.515. The quantitative estimate of drug-likeness (QED) is 0.732. The molecule has 2 rings (SSSR count). The molecule has 1 aliphatic rings. The molecule has 0 saturated carbocycles. The summed E-state index contributed by atoms with van der Waals surface area (Å²) in [6.07, 6.45) is 0.461. The van der Waals surface area contributed by atoms with Gasteiger partial charge in [-0.05, 0) is 12.1 Å². The summed E-state index contributed by atoms with van der Waals surface area (Å²) >= 11 is 6.02. The van der Waals surface area contributed by atoms with Crippen molar-refractivity contribution in [2.75, 3.05) is 18.6 Å². The lowest BCUT2D eigenvalue weighted by atomic mass is 10.1. The average Bonchev–Trinajstić information content (AvgIpc) is 2.23. The van der Waals surface area contributed by atoms with Crippen LogP contribution in [0.4, 0.5) is 5.69 Å². The summed E-state index contributed by atoms with van der Waals surface area (Å²) in [6, 6.07) is 7.91. The van der Waals surface area contributed by atoms with Gasteiger partial charge in [0.05, 0.1) is 29.2 Å². The zero-order valence-corrected chi connectivity index (χ0v) is 9.16. The minimum absolute atomic E-state index is 0.112. The molecule has 3 nitrogen and oxygen atoms in total. The van der Waals surface area contributed by atoms with Gasteiger partial charge in [-0.25, -0.2) is 0 Å². The van der Waals surface area contributed by atoms with Crippen molar-refractivity contribution in [3.63, 3.8) is 0 Å². The lowest BCUT2D eigenvalue weighted by molar-refractivity contribution is 0.268. The molecule has 0 aromatic heterocycles. The van der Waals surface area contributed by atoms with E-state index in [0.717, 1.165) is 11.4 Å². The molecule has 0 N–H and O–H groups in total. The number of fused-ring (bicyclic) bond motifs is 1. The number of benzene rings is 1. The first-order valence-electron chi connectivity index (χ1n) is 4.75. The molecule has 1 atom stereocenters. The van der Waals surface area contributed by atoms with E-state index >= 15 is 0 Å². The Morgan fingerprint density at radius 3 is 3.20 bits per heavy atom. The molecule has 0 radical (unpaired) electrons. The standard InChI is InChI=1S/C11H11ClN2O/c1-14-8(5-6-13)7-15-11-9(12)3-2-4-10(11)14/h2-4,8H,5,7H2,1H3. The number of hydrogen-bond acceptors (Lipinski definition) is 3. The second-order valence-electron chi connectivity index (χ2n) is 3.53. The van der Waals surface area contributed by atoms with E-state index in [4.69, 9.17) is 21.6 Å². The van der Waals surface area contributed by atoms with Crippen molar-refractivity contribution in [3.05, 3.63) is 23.2 Å². The number of hydrogen-bond donors (Lipinski definition) is 0. The molecule has 0 aliphatic carbocycles. The van der Waals surface area contributed by atoms with Crippen molar-refractivity contribution in [2.45, 2.75) is 12.5 Å². The van der Waals surface area contributed by atoms with Crippen molar-refractivity contribution in [2.24, 2.45) is 0 Å². The topological polar surface area (TPSA) is 36.3 Å². The van der Waals surface area contributed by atoms with E-state index in [1.54, 1.807) is 6.07 Å². The van der Waals surface area contributed by atoms with Gasteiger partial charge in [0, 0.05) is 7.05 Å². The van der Waals surface area contributed by atoms with Crippen LogP contribution in [0.1, 0.15) is 6.42 Å². The van der Waals surface area contributed by atoms with Crippen molar-refractivity contribution >= 4 is 17.3 Å². The van der Waals surface area contributed by atoms with Gasteiger partial charge in [0.2, 0.25) is 0 Å². The first-order valence-corrected chi connectivity index (χ1v) is 5.13. The highest BCUT2D eigenvalue weighted by Crippen LogP contribution is 2.38. The lowest BCUT2D eigenvalue weighted by Crippen LogP contribution is -2.40. The number of ether oxygens (including phenoxy) is 1. The number of nitriles is 1. The van der Waals surface area contributed by atoms with Gasteiger partial charge in [-0.2, -0.15) is 5.26 Å². The number of halogens is 1. The van der Waals surface area contributed by atoms with Crippen LogP contribution in [-0.4, -0.2) is 19.7 Å². The van der Waals surface area contributed by atoms with Crippen molar-refractivity contribution in [1.82, 2.24) is 0 Å². The predicted molar refractivity (Wildman–Crippen MR) is 59.4 cm³/mol. The van der Waals surface area contributed by atoms with Crippen LogP contribution in [0, 0.1) is 11.3 Å². The van der Waals surface area contributed by atoms with E-state index in [1.165, 1.54) is 0 Å². The van der Waals surface area contributed by atoms with Crippen molar-refractivity contribution in [3.8, 4) is 11.8 Å². The van der Waals surface area contributed by atoms with Gasteiger partial charge in [0.1, 0.15) is 6.61 Å². The maximum Gasteiger partial charge on any atom is 0.161 e. The van der Waals surface area contributed by atoms with Gasteiger partial charge in [-0.1, -0.05) is 17.7 Å². The summed E-state index contributed by atoms with van der Waals surface area (Å²) in [5.41, 5.74) is 0.953. The van der Waals surface area contributed by atoms with Crippen LogP contribution in [-0.2, 0) is 0 Å². The van der Waals surface area contributed by atoms with Gasteiger partial charge >= 0.3 is 0 Å². The monoisotopic (exact) mass is 222 g/mol. The Morgan fingerprint density at radius 1 is 1.67 bits per heavy atom. The Labute approximate surface area is 93.8 Å². The number of likely N-dealkylation sites (N-methyl/N-ethyl adjacent to an activating group) is 1. The van der Waals surface area contributed by atoms with E-state index in [0.29, 0.717) is 18.1 Å². The van der Waals surface area contributed by atoms with Crippen LogP contribution in [0.2, 0.25) is 5.02 Å². The van der Waals surface area contributed by atoms with Crippen molar-refractivity contribution in [1.29, 1.82) is 5.26 Å². The molecular weight excluding hydrogens is 212 g/mol. The molecule has 15 heavy (non-hydrogen) atoms. The Balaban J connectivity index is 2.35. The molecule has 0 bridgehead atoms. The summed E-state index contributed by atoms with van der Waals surface area (Å²) in [5.74, 6) is 0.718. The Bertz CT molecular complexity index is 414. The molecule has 0 fully saturated rings. The fraction of sp³-hybridized carbons (Fsp3) is 0.364. The zero-order valence-electron chi connectivity index (χ0n) is 8.40. The molecule has 4 heteroatoms. The van der Waals surface area contributed by atoms with E-state index < -0.39 is 0 Å². The third kappa shape index (κ3) is 1.73. The highest BCUT2D eigenvalue weighted by atomic mass is 35.5. The van der Waals surface area contributed by atoms with Crippen LogP contribution in [0.3, 0.4) is 0 Å². The number of para-hydroxylation sites is 1. The second kappa shape index (κ2) is 4.00. The van der Waals surface area contributed by atoms with Gasteiger partial charge < -0.3 is 9.64 Å². The Hall–Kier alpha value is -1.40. The Morgan fingerprint density at radius 2 is 2.47 bits per heavy atom. The molecule has 78 valence electrons. The highest BCUT2D eigenvalue weighted by molar-refractivity contribution is 6.32. The lowest BCUT2D eigenvalue weighted by Gasteiger charge is -2.34. The fourth-order valence-corrected chi connectivity index (χ4v) is 1.93. The molecule has 1 aromatic carbocycles. The van der Waals surface area contributed by atoms with Crippen LogP contribution >= 0.6 is 11.6 Å². The first-order chi connectivity index (χ1) is 7.24. The van der Waals surface area contributed by atoms with Crippen LogP contribution < -0.4 is 9.64 Å². The average molecular weight is 223 g/mol. The van der Waals surface area contributed by atoms with E-state index in [-0.39, 0.29) is 6.04 Å². The highest BCUT2D eigenvalue weighted by Gasteiger charge is 2.25. The van der Waals surface area contributed by atoms with E-state index in [2.05, 4.69) is 6.07 Å². The molecular formula is C11H11ClN2O. The van der Waals surface area contributed by atoms with Crippen LogP contribution in [0.25, 0.3) is 0 Å². The SMILES string of the molecule is CN1c2cccc(Cl)c2OCC1CC#N. The van der Waals surface area contributed by atoms with Gasteiger partial charge in [0.25, 0.3) is 0 Å². The molecule has 0 saturated heterocycles. The van der Waals surface area contributed by atoms with E-state index in [1.807, 2.05) is 24.1 Å². The summed E-state index contributed by atoms with van der Waals surface area (Å²) in [4.78, 5) is 2.05. The third-order valence-corrected chi connectivity index (χ3v) is 2.92. The summed E-state index contributed by atoms with van der Waals surface area (Å²) < 4.78 is 5.57. The molecule has 1 heterocycles. The number of rotatable bonds is 1. The second-order valence-corrected chi connectivity index (χ2v) is 3.93. The van der Waals surface area contributed by atoms with Gasteiger partial charge in [-0.15, -0.1) is 0 Å². The molecule has 1 aromatic rings. The van der Waals surface area contributed by atoms with E-state index in [9.17, 15) is 0 Å². The van der Waals surface area contributed by atoms with Crippen molar-refractivity contribution < 1.29 is 4.74 Å². The smallest absolute Gasteiger partial charge is 0.161 e. The fourth-order valence-electron chi connectivity index (χ4n) is 1.71. The predicted octanol–water partition coefficient (Wildman–Crippen LogP) is 2.45. The third-order valence-electron chi connectivity index (χ3n) is 2.62. The minimum Gasteiger partial charge on any atom is -0.488 e. The minimum atomic E-state index is 0.112. The summed E-state index contributed by atoms with van der Waals surface area (Å²) in [7, 11) is 1.96. The molecule has 0 spiro atoms. The zero-order chi connectivity index (χ0) is 10.8. The molecule has 0 amide bonds. The molecule has 1 aliphatic heterocycles. The Kier molecular flexibility index (Phi) is 2.70. The van der Waals surface area contributed by atoms with Gasteiger partial charge in [-0.3, -0.25) is 0 Å². The maximum absolute atomic E-state index is 8.68. The normalized spacial score (nSPS) is 19.0. The number of anilines is 1. The first kappa shape index (κ1) is 10.1.